The number of rotatable bonds is 5. The first-order valence-corrected chi connectivity index (χ1v) is 10.4. The topological polar surface area (TPSA) is 38.7 Å². The summed E-state index contributed by atoms with van der Waals surface area (Å²) in [4.78, 5) is 16.9. The largest absolute Gasteiger partial charge is 0.518 e. The third-order valence-corrected chi connectivity index (χ3v) is 3.62. The van der Waals surface area contributed by atoms with E-state index in [1.165, 1.54) is 0 Å². The number of hydrogen-bond donors (Lipinski definition) is 0. The Morgan fingerprint density at radius 3 is 2.15 bits per heavy atom. The zero-order valence-corrected chi connectivity index (χ0v) is 14.3. The summed E-state index contributed by atoms with van der Waals surface area (Å²) in [5.41, 5.74) is 1.91. The Balaban J connectivity index is 2.95. The molecule has 1 unspecified atom stereocenters. The second-order valence-corrected chi connectivity index (χ2v) is 10.7. The maximum atomic E-state index is 12.3. The van der Waals surface area contributed by atoms with Gasteiger partial charge in [-0.2, -0.15) is 0 Å². The molecule has 0 bridgehead atoms. The van der Waals surface area contributed by atoms with Gasteiger partial charge in [-0.15, -0.1) is 0 Å². The van der Waals surface area contributed by atoms with Crippen LogP contribution < -0.4 is 0 Å². The highest BCUT2D eigenvalue weighted by atomic mass is 28.4. The van der Waals surface area contributed by atoms with Gasteiger partial charge in [0.05, 0.1) is 0 Å². The Hall–Kier alpha value is -1.42. The van der Waals surface area contributed by atoms with Gasteiger partial charge in [0.1, 0.15) is 6.04 Å². The van der Waals surface area contributed by atoms with Crippen molar-refractivity contribution in [2.75, 3.05) is 0 Å². The van der Waals surface area contributed by atoms with E-state index in [0.717, 1.165) is 11.3 Å². The molecule has 4 heteroatoms. The molecule has 0 spiro atoms. The molecule has 0 aliphatic heterocycles. The maximum Gasteiger partial charge on any atom is 0.317 e. The van der Waals surface area contributed by atoms with E-state index in [1.54, 1.807) is 0 Å². The molecule has 0 saturated heterocycles. The van der Waals surface area contributed by atoms with Crippen LogP contribution in [-0.2, 0) is 9.22 Å². The summed E-state index contributed by atoms with van der Waals surface area (Å²) in [6.45, 7) is 12.0. The quantitative estimate of drug-likeness (QED) is 0.609. The first-order chi connectivity index (χ1) is 9.20. The highest BCUT2D eigenvalue weighted by Crippen LogP contribution is 2.15. The molecule has 0 heterocycles. The highest BCUT2D eigenvalue weighted by molar-refractivity contribution is 6.71. The summed E-state index contributed by atoms with van der Waals surface area (Å²) in [6.07, 6.45) is 0. The fourth-order valence-electron chi connectivity index (χ4n) is 1.80. The predicted molar refractivity (Wildman–Crippen MR) is 86.7 cm³/mol. The first-order valence-electron chi connectivity index (χ1n) is 7.03. The predicted octanol–water partition coefficient (Wildman–Crippen LogP) is 3.90. The van der Waals surface area contributed by atoms with E-state index >= 15 is 0 Å². The SMILES string of the molecule is CC(=NC(C(=O)O[Si](C)(C)C)C(C)C)c1ccccc1. The van der Waals surface area contributed by atoms with Gasteiger partial charge < -0.3 is 4.43 Å². The van der Waals surface area contributed by atoms with E-state index < -0.39 is 14.4 Å². The Labute approximate surface area is 123 Å². The average Bonchev–Trinajstić information content (AvgIpc) is 2.34. The second kappa shape index (κ2) is 6.84. The number of aliphatic imine (C=N–C) groups is 1. The summed E-state index contributed by atoms with van der Waals surface area (Å²) < 4.78 is 5.59. The molecule has 1 aromatic carbocycles. The van der Waals surface area contributed by atoms with Crippen LogP contribution in [0.4, 0.5) is 0 Å². The molecule has 1 aromatic rings. The lowest BCUT2D eigenvalue weighted by Crippen LogP contribution is -2.37. The van der Waals surface area contributed by atoms with Crippen LogP contribution in [0.2, 0.25) is 19.6 Å². The van der Waals surface area contributed by atoms with Crippen LogP contribution in [0, 0.1) is 5.92 Å². The lowest BCUT2D eigenvalue weighted by atomic mass is 10.0. The van der Waals surface area contributed by atoms with Crippen LogP contribution in [-0.4, -0.2) is 26.0 Å². The third kappa shape index (κ3) is 5.29. The van der Waals surface area contributed by atoms with Crippen LogP contribution in [0.5, 0.6) is 0 Å². The minimum Gasteiger partial charge on any atom is -0.518 e. The molecular weight excluding hydrogens is 266 g/mol. The van der Waals surface area contributed by atoms with Gasteiger partial charge in [-0.25, -0.2) is 0 Å². The van der Waals surface area contributed by atoms with Crippen LogP contribution in [0.15, 0.2) is 35.3 Å². The van der Waals surface area contributed by atoms with E-state index in [1.807, 2.05) is 70.7 Å². The molecule has 0 aliphatic carbocycles. The third-order valence-electron chi connectivity index (χ3n) is 2.80. The summed E-state index contributed by atoms with van der Waals surface area (Å²) in [5.74, 6) is -0.0769. The molecule has 0 amide bonds. The molecule has 110 valence electrons. The Morgan fingerprint density at radius 1 is 1.15 bits per heavy atom. The molecule has 0 aliphatic rings. The molecule has 0 radical (unpaired) electrons. The van der Waals surface area contributed by atoms with Crippen LogP contribution in [0.25, 0.3) is 0 Å². The molecular formula is C16H25NO2Si. The van der Waals surface area contributed by atoms with Gasteiger partial charge in [0.2, 0.25) is 8.32 Å². The van der Waals surface area contributed by atoms with Gasteiger partial charge in [-0.3, -0.25) is 9.79 Å². The molecule has 1 atom stereocenters. The highest BCUT2D eigenvalue weighted by Gasteiger charge is 2.28. The number of carbonyl (C=O) groups is 1. The lowest BCUT2D eigenvalue weighted by Gasteiger charge is -2.23. The van der Waals surface area contributed by atoms with Gasteiger partial charge >= 0.3 is 5.97 Å². The minimum atomic E-state index is -1.88. The Bertz CT molecular complexity index is 475. The van der Waals surface area contributed by atoms with Crippen molar-refractivity contribution < 1.29 is 9.22 Å². The molecule has 0 fully saturated rings. The van der Waals surface area contributed by atoms with E-state index in [0.29, 0.717) is 0 Å². The maximum absolute atomic E-state index is 12.3. The Kier molecular flexibility index (Phi) is 5.69. The van der Waals surface area contributed by atoms with Crippen LogP contribution in [0.3, 0.4) is 0 Å². The number of benzene rings is 1. The van der Waals surface area contributed by atoms with Gasteiger partial charge in [0.15, 0.2) is 0 Å². The van der Waals surface area contributed by atoms with Gasteiger partial charge in [0.25, 0.3) is 0 Å². The summed E-state index contributed by atoms with van der Waals surface area (Å²) in [5, 5.41) is 0. The van der Waals surface area contributed by atoms with E-state index in [-0.39, 0.29) is 11.9 Å². The number of hydrogen-bond acceptors (Lipinski definition) is 3. The van der Waals surface area contributed by atoms with Crippen molar-refractivity contribution in [3.63, 3.8) is 0 Å². The summed E-state index contributed by atoms with van der Waals surface area (Å²) in [6, 6.07) is 9.48. The van der Waals surface area contributed by atoms with Crippen molar-refractivity contribution in [3.05, 3.63) is 35.9 Å². The summed E-state index contributed by atoms with van der Waals surface area (Å²) in [7, 11) is -1.88. The minimum absolute atomic E-state index is 0.123. The molecule has 3 nitrogen and oxygen atoms in total. The summed E-state index contributed by atoms with van der Waals surface area (Å²) >= 11 is 0. The van der Waals surface area contributed by atoms with E-state index in [2.05, 4.69) is 4.99 Å². The van der Waals surface area contributed by atoms with Crippen molar-refractivity contribution in [2.24, 2.45) is 10.9 Å². The monoisotopic (exact) mass is 291 g/mol. The van der Waals surface area contributed by atoms with Gasteiger partial charge in [-0.05, 0) is 38.0 Å². The molecule has 20 heavy (non-hydrogen) atoms. The average molecular weight is 291 g/mol. The van der Waals surface area contributed by atoms with Crippen molar-refractivity contribution in [3.8, 4) is 0 Å². The first kappa shape index (κ1) is 16.6. The van der Waals surface area contributed by atoms with E-state index in [9.17, 15) is 4.79 Å². The smallest absolute Gasteiger partial charge is 0.317 e. The standard InChI is InChI=1S/C16H25NO2Si/c1-12(2)15(16(18)19-20(4,5)6)17-13(3)14-10-8-7-9-11-14/h7-12,15H,1-6H3. The second-order valence-electron chi connectivity index (χ2n) is 6.30. The number of nitrogens with zero attached hydrogens (tertiary/aromatic N) is 1. The molecule has 1 rings (SSSR count). The fourth-order valence-corrected chi connectivity index (χ4v) is 2.52. The lowest BCUT2D eigenvalue weighted by molar-refractivity contribution is -0.137. The van der Waals surface area contributed by atoms with Crippen molar-refractivity contribution in [2.45, 2.75) is 46.5 Å². The van der Waals surface area contributed by atoms with Crippen molar-refractivity contribution >= 4 is 20.0 Å². The fraction of sp³-hybridized carbons (Fsp3) is 0.500. The van der Waals surface area contributed by atoms with Crippen LogP contribution in [0.1, 0.15) is 26.3 Å². The van der Waals surface area contributed by atoms with Crippen molar-refractivity contribution in [1.29, 1.82) is 0 Å². The molecule has 0 aromatic heterocycles. The van der Waals surface area contributed by atoms with Crippen LogP contribution >= 0.6 is 0 Å². The van der Waals surface area contributed by atoms with Gasteiger partial charge in [0, 0.05) is 5.71 Å². The molecule has 0 saturated carbocycles. The Morgan fingerprint density at radius 2 is 1.70 bits per heavy atom. The normalized spacial score (nSPS) is 14.2. The zero-order chi connectivity index (χ0) is 15.3. The number of carbonyl (C=O) groups excluding carboxylic acids is 1. The van der Waals surface area contributed by atoms with Gasteiger partial charge in [-0.1, -0.05) is 44.2 Å². The van der Waals surface area contributed by atoms with E-state index in [4.69, 9.17) is 4.43 Å². The zero-order valence-electron chi connectivity index (χ0n) is 13.3. The molecule has 0 N–H and O–H groups in total. The van der Waals surface area contributed by atoms with Crippen molar-refractivity contribution in [1.82, 2.24) is 0 Å².